The Morgan fingerprint density at radius 3 is 3.22 bits per heavy atom. The first-order valence-electron chi connectivity index (χ1n) is 5.78. The van der Waals surface area contributed by atoms with Gasteiger partial charge in [-0.2, -0.15) is 0 Å². The second-order valence-corrected chi connectivity index (χ2v) is 4.91. The Hall–Kier alpha value is -1.88. The summed E-state index contributed by atoms with van der Waals surface area (Å²) in [6, 6.07) is 1.74. The zero-order chi connectivity index (χ0) is 12.5. The van der Waals surface area contributed by atoms with E-state index < -0.39 is 0 Å². The van der Waals surface area contributed by atoms with Crippen LogP contribution >= 0.6 is 11.3 Å². The number of carbonyl (C=O) groups excluding carboxylic acids is 1. The van der Waals surface area contributed by atoms with E-state index in [2.05, 4.69) is 4.98 Å². The summed E-state index contributed by atoms with van der Waals surface area (Å²) in [5.41, 5.74) is 1.48. The summed E-state index contributed by atoms with van der Waals surface area (Å²) in [5, 5.41) is 1.97. The van der Waals surface area contributed by atoms with Crippen molar-refractivity contribution in [2.24, 2.45) is 0 Å². The molecule has 0 saturated carbocycles. The van der Waals surface area contributed by atoms with Gasteiger partial charge in [-0.3, -0.25) is 9.20 Å². The first-order chi connectivity index (χ1) is 8.78. The number of rotatable bonds is 4. The molecular formula is C13H12N2O2S. The van der Waals surface area contributed by atoms with E-state index in [1.165, 1.54) is 0 Å². The predicted octanol–water partition coefficient (Wildman–Crippen LogP) is 2.98. The SMILES string of the molecule is CCc1occc1C(=O)Cc1cn2ccsc2n1. The average molecular weight is 260 g/mol. The van der Waals surface area contributed by atoms with Gasteiger partial charge in [-0.05, 0) is 6.07 Å². The molecule has 18 heavy (non-hydrogen) atoms. The molecule has 3 heterocycles. The largest absolute Gasteiger partial charge is 0.469 e. The Morgan fingerprint density at radius 2 is 2.44 bits per heavy atom. The average Bonchev–Trinajstić information content (AvgIpc) is 3.02. The molecule has 0 atom stereocenters. The van der Waals surface area contributed by atoms with Crippen molar-refractivity contribution in [2.45, 2.75) is 19.8 Å². The molecule has 3 aromatic heterocycles. The third kappa shape index (κ3) is 1.86. The zero-order valence-corrected chi connectivity index (χ0v) is 10.7. The van der Waals surface area contributed by atoms with Crippen LogP contribution in [0.25, 0.3) is 4.96 Å². The summed E-state index contributed by atoms with van der Waals surface area (Å²) < 4.78 is 7.21. The lowest BCUT2D eigenvalue weighted by Gasteiger charge is -1.97. The first-order valence-corrected chi connectivity index (χ1v) is 6.66. The van der Waals surface area contributed by atoms with Crippen molar-refractivity contribution in [3.8, 4) is 0 Å². The normalized spacial score (nSPS) is 11.2. The van der Waals surface area contributed by atoms with Crippen LogP contribution in [-0.4, -0.2) is 15.2 Å². The van der Waals surface area contributed by atoms with Crippen molar-refractivity contribution in [2.75, 3.05) is 0 Å². The van der Waals surface area contributed by atoms with E-state index in [1.54, 1.807) is 23.7 Å². The molecule has 0 fully saturated rings. The molecule has 0 saturated heterocycles. The Labute approximate surface area is 108 Å². The van der Waals surface area contributed by atoms with Gasteiger partial charge in [0.15, 0.2) is 10.7 Å². The van der Waals surface area contributed by atoms with E-state index in [4.69, 9.17) is 4.42 Å². The van der Waals surface area contributed by atoms with Gasteiger partial charge in [0, 0.05) is 24.2 Å². The lowest BCUT2D eigenvalue weighted by atomic mass is 10.1. The number of hydrogen-bond acceptors (Lipinski definition) is 4. The van der Waals surface area contributed by atoms with Crippen LogP contribution < -0.4 is 0 Å². The van der Waals surface area contributed by atoms with Crippen molar-refractivity contribution < 1.29 is 9.21 Å². The van der Waals surface area contributed by atoms with Crippen LogP contribution in [0.2, 0.25) is 0 Å². The number of Topliss-reactive ketones (excluding diaryl/α,β-unsaturated/α-hetero) is 1. The molecule has 0 N–H and O–H groups in total. The highest BCUT2D eigenvalue weighted by Gasteiger charge is 2.15. The van der Waals surface area contributed by atoms with E-state index >= 15 is 0 Å². The van der Waals surface area contributed by atoms with Gasteiger partial charge in [-0.25, -0.2) is 4.98 Å². The summed E-state index contributed by atoms with van der Waals surface area (Å²) in [6.07, 6.45) is 6.46. The lowest BCUT2D eigenvalue weighted by molar-refractivity contribution is 0.0990. The van der Waals surface area contributed by atoms with E-state index in [-0.39, 0.29) is 5.78 Å². The minimum absolute atomic E-state index is 0.0614. The molecule has 0 spiro atoms. The van der Waals surface area contributed by atoms with Crippen molar-refractivity contribution in [3.63, 3.8) is 0 Å². The summed E-state index contributed by atoms with van der Waals surface area (Å²) in [7, 11) is 0. The molecule has 3 aromatic rings. The molecule has 5 heteroatoms. The summed E-state index contributed by atoms with van der Waals surface area (Å²) in [4.78, 5) is 17.5. The number of ketones is 1. The molecule has 92 valence electrons. The van der Waals surface area contributed by atoms with Crippen LogP contribution in [-0.2, 0) is 12.8 Å². The van der Waals surface area contributed by atoms with Crippen LogP contribution in [0.5, 0.6) is 0 Å². The molecule has 0 bridgehead atoms. The number of aromatic nitrogens is 2. The first kappa shape index (κ1) is 11.2. The van der Waals surface area contributed by atoms with Crippen LogP contribution in [0.4, 0.5) is 0 Å². The summed E-state index contributed by atoms with van der Waals surface area (Å²) in [5.74, 6) is 0.812. The summed E-state index contributed by atoms with van der Waals surface area (Å²) in [6.45, 7) is 1.97. The van der Waals surface area contributed by atoms with Crippen LogP contribution in [0.1, 0.15) is 28.7 Å². The number of carbonyl (C=O) groups is 1. The molecule has 0 aromatic carbocycles. The Balaban J connectivity index is 1.84. The maximum Gasteiger partial charge on any atom is 0.193 e. The quantitative estimate of drug-likeness (QED) is 0.677. The van der Waals surface area contributed by atoms with Crippen molar-refractivity contribution >= 4 is 22.1 Å². The van der Waals surface area contributed by atoms with Gasteiger partial charge in [-0.1, -0.05) is 6.92 Å². The topological polar surface area (TPSA) is 47.5 Å². The zero-order valence-electron chi connectivity index (χ0n) is 9.92. The highest BCUT2D eigenvalue weighted by Crippen LogP contribution is 2.16. The number of thiazole rings is 1. The molecule has 0 radical (unpaired) electrons. The smallest absolute Gasteiger partial charge is 0.193 e. The predicted molar refractivity (Wildman–Crippen MR) is 69.2 cm³/mol. The number of furan rings is 1. The third-order valence-electron chi connectivity index (χ3n) is 2.85. The molecule has 0 aliphatic heterocycles. The van der Waals surface area contributed by atoms with Gasteiger partial charge < -0.3 is 4.42 Å². The van der Waals surface area contributed by atoms with Gasteiger partial charge in [-0.15, -0.1) is 11.3 Å². The fourth-order valence-corrected chi connectivity index (χ4v) is 2.70. The van der Waals surface area contributed by atoms with Crippen molar-refractivity contribution in [1.29, 1.82) is 0 Å². The van der Waals surface area contributed by atoms with Crippen molar-refractivity contribution in [1.82, 2.24) is 9.38 Å². The van der Waals surface area contributed by atoms with Gasteiger partial charge in [0.25, 0.3) is 0 Å². The lowest BCUT2D eigenvalue weighted by Crippen LogP contribution is -2.05. The number of aryl methyl sites for hydroxylation is 1. The Morgan fingerprint density at radius 1 is 1.56 bits per heavy atom. The number of fused-ring (bicyclic) bond motifs is 1. The highest BCUT2D eigenvalue weighted by molar-refractivity contribution is 7.15. The number of imidazole rings is 1. The van der Waals surface area contributed by atoms with Gasteiger partial charge in [0.2, 0.25) is 0 Å². The second-order valence-electron chi connectivity index (χ2n) is 4.04. The van der Waals surface area contributed by atoms with E-state index in [9.17, 15) is 4.79 Å². The number of nitrogens with zero attached hydrogens (tertiary/aromatic N) is 2. The Bertz CT molecular complexity index is 664. The summed E-state index contributed by atoms with van der Waals surface area (Å²) >= 11 is 1.56. The fourth-order valence-electron chi connectivity index (χ4n) is 1.98. The minimum Gasteiger partial charge on any atom is -0.469 e. The van der Waals surface area contributed by atoms with Crippen LogP contribution in [0.3, 0.4) is 0 Å². The molecule has 0 aliphatic rings. The monoisotopic (exact) mass is 260 g/mol. The third-order valence-corrected chi connectivity index (χ3v) is 3.62. The van der Waals surface area contributed by atoms with Crippen LogP contribution in [0, 0.1) is 0 Å². The molecule has 0 aliphatic carbocycles. The number of hydrogen-bond donors (Lipinski definition) is 0. The van der Waals surface area contributed by atoms with E-state index in [0.717, 1.165) is 22.8 Å². The van der Waals surface area contributed by atoms with Gasteiger partial charge in [0.1, 0.15) is 5.76 Å². The van der Waals surface area contributed by atoms with Crippen LogP contribution in [0.15, 0.2) is 34.5 Å². The standard InChI is InChI=1S/C13H12N2O2S/c1-2-12-10(3-5-17-12)11(16)7-9-8-15-4-6-18-13(15)14-9/h3-6,8H,2,7H2,1H3. The van der Waals surface area contributed by atoms with Gasteiger partial charge >= 0.3 is 0 Å². The maximum absolute atomic E-state index is 12.1. The molecular weight excluding hydrogens is 248 g/mol. The molecule has 0 unspecified atom stereocenters. The molecule has 0 amide bonds. The molecule has 3 rings (SSSR count). The minimum atomic E-state index is 0.0614. The molecule has 4 nitrogen and oxygen atoms in total. The van der Waals surface area contributed by atoms with Crippen molar-refractivity contribution in [3.05, 3.63) is 47.1 Å². The van der Waals surface area contributed by atoms with E-state index in [1.807, 2.05) is 29.1 Å². The van der Waals surface area contributed by atoms with Gasteiger partial charge in [0.05, 0.1) is 23.9 Å². The fraction of sp³-hybridized carbons (Fsp3) is 0.231. The highest BCUT2D eigenvalue weighted by atomic mass is 32.1. The second kappa shape index (κ2) is 4.42. The van der Waals surface area contributed by atoms with E-state index in [0.29, 0.717) is 12.0 Å². The Kier molecular flexibility index (Phi) is 2.76. The maximum atomic E-state index is 12.1.